The zero-order valence-corrected chi connectivity index (χ0v) is 13.0. The molecule has 0 radical (unpaired) electrons. The molecular formula is C13H26O3Si. The van der Waals surface area contributed by atoms with Gasteiger partial charge in [0.05, 0.1) is 11.5 Å². The average Bonchev–Trinajstić information content (AvgIpc) is 2.08. The first-order valence-electron chi connectivity index (χ1n) is 6.46. The number of carboxylic acids is 1. The molecule has 0 aromatic rings. The summed E-state index contributed by atoms with van der Waals surface area (Å²) in [4.78, 5) is 10.9. The van der Waals surface area contributed by atoms with Crippen LogP contribution in [0.25, 0.3) is 0 Å². The SMILES string of the molecule is CC[C@]1(O[Si](C)(C)C(C)(C)C)C[C@@H](C(=O)O)C1. The first kappa shape index (κ1) is 14.7. The van der Waals surface area contributed by atoms with Gasteiger partial charge in [0.1, 0.15) is 0 Å². The van der Waals surface area contributed by atoms with Crippen LogP contribution in [0.15, 0.2) is 0 Å². The Labute approximate surface area is 106 Å². The van der Waals surface area contributed by atoms with E-state index >= 15 is 0 Å². The van der Waals surface area contributed by atoms with Crippen molar-refractivity contribution >= 4 is 14.3 Å². The van der Waals surface area contributed by atoms with Crippen LogP contribution in [0.4, 0.5) is 0 Å². The highest BCUT2D eigenvalue weighted by atomic mass is 28.4. The summed E-state index contributed by atoms with van der Waals surface area (Å²) in [7, 11) is -1.79. The molecule has 0 atom stereocenters. The number of hydrogen-bond donors (Lipinski definition) is 1. The van der Waals surface area contributed by atoms with Crippen LogP contribution in [0.3, 0.4) is 0 Å². The van der Waals surface area contributed by atoms with E-state index in [0.29, 0.717) is 12.8 Å². The summed E-state index contributed by atoms with van der Waals surface area (Å²) in [5, 5.41) is 9.16. The topological polar surface area (TPSA) is 46.5 Å². The van der Waals surface area contributed by atoms with E-state index in [0.717, 1.165) is 6.42 Å². The van der Waals surface area contributed by atoms with E-state index in [-0.39, 0.29) is 16.6 Å². The van der Waals surface area contributed by atoms with Crippen molar-refractivity contribution in [2.45, 2.75) is 70.7 Å². The highest BCUT2D eigenvalue weighted by Crippen LogP contribution is 2.49. The van der Waals surface area contributed by atoms with Gasteiger partial charge in [-0.15, -0.1) is 0 Å². The van der Waals surface area contributed by atoms with E-state index in [1.54, 1.807) is 0 Å². The van der Waals surface area contributed by atoms with Crippen LogP contribution < -0.4 is 0 Å². The van der Waals surface area contributed by atoms with Gasteiger partial charge in [0.25, 0.3) is 0 Å². The summed E-state index contributed by atoms with van der Waals surface area (Å²) in [6.07, 6.45) is 2.29. The lowest BCUT2D eigenvalue weighted by atomic mass is 9.69. The lowest BCUT2D eigenvalue weighted by Gasteiger charge is -2.52. The molecule has 1 fully saturated rings. The second-order valence-corrected chi connectivity index (χ2v) is 11.6. The summed E-state index contributed by atoms with van der Waals surface area (Å²) < 4.78 is 6.43. The van der Waals surface area contributed by atoms with Gasteiger partial charge in [-0.25, -0.2) is 0 Å². The number of carbonyl (C=O) groups is 1. The van der Waals surface area contributed by atoms with Crippen molar-refractivity contribution in [2.24, 2.45) is 5.92 Å². The fourth-order valence-electron chi connectivity index (χ4n) is 2.15. The molecule has 17 heavy (non-hydrogen) atoms. The minimum Gasteiger partial charge on any atom is -0.481 e. The number of aliphatic carboxylic acids is 1. The van der Waals surface area contributed by atoms with Crippen LogP contribution in [0.1, 0.15) is 47.0 Å². The summed E-state index contributed by atoms with van der Waals surface area (Å²) >= 11 is 0. The minimum absolute atomic E-state index is 0.161. The molecule has 4 heteroatoms. The van der Waals surface area contributed by atoms with Crippen LogP contribution in [-0.4, -0.2) is 25.0 Å². The third-order valence-electron chi connectivity index (χ3n) is 4.51. The molecule has 0 saturated heterocycles. The molecule has 0 bridgehead atoms. The van der Waals surface area contributed by atoms with Gasteiger partial charge >= 0.3 is 5.97 Å². The fraction of sp³-hybridized carbons (Fsp3) is 0.923. The second kappa shape index (κ2) is 4.39. The molecule has 0 heterocycles. The molecule has 3 nitrogen and oxygen atoms in total. The van der Waals surface area contributed by atoms with Gasteiger partial charge in [0, 0.05) is 0 Å². The maximum Gasteiger partial charge on any atom is 0.306 e. The highest BCUT2D eigenvalue weighted by Gasteiger charge is 2.52. The summed E-state index contributed by atoms with van der Waals surface area (Å²) in [5.41, 5.74) is -0.161. The lowest BCUT2D eigenvalue weighted by Crippen LogP contribution is -2.56. The Morgan fingerprint density at radius 1 is 1.41 bits per heavy atom. The molecule has 0 spiro atoms. The van der Waals surface area contributed by atoms with Gasteiger partial charge in [-0.1, -0.05) is 27.7 Å². The van der Waals surface area contributed by atoms with Gasteiger partial charge in [-0.05, 0) is 37.4 Å². The maximum absolute atomic E-state index is 10.9. The summed E-state index contributed by atoms with van der Waals surface area (Å²) in [6, 6.07) is 0. The smallest absolute Gasteiger partial charge is 0.306 e. The summed E-state index contributed by atoms with van der Waals surface area (Å²) in [5.74, 6) is -0.868. The van der Waals surface area contributed by atoms with Crippen LogP contribution in [0.2, 0.25) is 18.1 Å². The van der Waals surface area contributed by atoms with Crippen molar-refractivity contribution in [2.75, 3.05) is 0 Å². The third kappa shape index (κ3) is 2.91. The molecule has 1 N–H and O–H groups in total. The Bertz CT molecular complexity index is 298. The number of carboxylic acid groups (broad SMARTS) is 1. The van der Waals surface area contributed by atoms with Crippen molar-refractivity contribution in [1.82, 2.24) is 0 Å². The van der Waals surface area contributed by atoms with E-state index in [1.807, 2.05) is 0 Å². The Kier molecular flexibility index (Phi) is 3.80. The predicted molar refractivity (Wildman–Crippen MR) is 71.7 cm³/mol. The van der Waals surface area contributed by atoms with Gasteiger partial charge in [0.2, 0.25) is 0 Å². The van der Waals surface area contributed by atoms with Crippen LogP contribution in [0, 0.1) is 5.92 Å². The Hall–Kier alpha value is -0.353. The molecule has 0 aliphatic heterocycles. The van der Waals surface area contributed by atoms with Gasteiger partial charge < -0.3 is 9.53 Å². The van der Waals surface area contributed by atoms with E-state index in [9.17, 15) is 4.79 Å². The first-order valence-corrected chi connectivity index (χ1v) is 9.37. The predicted octanol–water partition coefficient (Wildman–Crippen LogP) is 3.65. The van der Waals surface area contributed by atoms with E-state index < -0.39 is 14.3 Å². The van der Waals surface area contributed by atoms with Crippen molar-refractivity contribution in [3.8, 4) is 0 Å². The molecule has 1 aliphatic rings. The van der Waals surface area contributed by atoms with Gasteiger partial charge in [0.15, 0.2) is 8.32 Å². The zero-order valence-electron chi connectivity index (χ0n) is 12.0. The third-order valence-corrected chi connectivity index (χ3v) is 9.06. The van der Waals surface area contributed by atoms with Crippen molar-refractivity contribution < 1.29 is 14.3 Å². The largest absolute Gasteiger partial charge is 0.481 e. The molecule has 1 aliphatic carbocycles. The number of rotatable bonds is 4. The summed E-state index contributed by atoms with van der Waals surface area (Å²) in [6.45, 7) is 13.2. The lowest BCUT2D eigenvalue weighted by molar-refractivity contribution is -0.156. The first-order chi connectivity index (χ1) is 7.53. The van der Waals surface area contributed by atoms with Crippen LogP contribution in [-0.2, 0) is 9.22 Å². The molecule has 1 rings (SSSR count). The number of hydrogen-bond acceptors (Lipinski definition) is 2. The van der Waals surface area contributed by atoms with E-state index in [2.05, 4.69) is 40.8 Å². The standard InChI is InChI=1S/C13H26O3Si/c1-7-13(8-10(9-13)11(14)15)16-17(5,6)12(2,3)4/h10H,7-9H2,1-6H3,(H,14,15)/t10-,13+. The van der Waals surface area contributed by atoms with Crippen molar-refractivity contribution in [3.63, 3.8) is 0 Å². The second-order valence-electron chi connectivity index (χ2n) is 6.84. The molecule has 0 aromatic carbocycles. The van der Waals surface area contributed by atoms with Crippen molar-refractivity contribution in [3.05, 3.63) is 0 Å². The Morgan fingerprint density at radius 3 is 2.18 bits per heavy atom. The van der Waals surface area contributed by atoms with E-state index in [4.69, 9.17) is 9.53 Å². The quantitative estimate of drug-likeness (QED) is 0.783. The highest BCUT2D eigenvalue weighted by molar-refractivity contribution is 6.74. The molecule has 1 saturated carbocycles. The molecular weight excluding hydrogens is 232 g/mol. The van der Waals surface area contributed by atoms with Crippen LogP contribution >= 0.6 is 0 Å². The van der Waals surface area contributed by atoms with Gasteiger partial charge in [-0.2, -0.15) is 0 Å². The normalized spacial score (nSPS) is 29.9. The zero-order chi connectivity index (χ0) is 13.5. The van der Waals surface area contributed by atoms with Crippen molar-refractivity contribution in [1.29, 1.82) is 0 Å². The Balaban J connectivity index is 2.70. The van der Waals surface area contributed by atoms with Gasteiger partial charge in [-0.3, -0.25) is 4.79 Å². The fourth-order valence-corrected chi connectivity index (χ4v) is 3.85. The monoisotopic (exact) mass is 258 g/mol. The Morgan fingerprint density at radius 2 is 1.88 bits per heavy atom. The maximum atomic E-state index is 10.9. The van der Waals surface area contributed by atoms with E-state index in [1.165, 1.54) is 0 Å². The molecule has 0 unspecified atom stereocenters. The minimum atomic E-state index is -1.79. The molecule has 100 valence electrons. The average molecular weight is 258 g/mol. The molecule has 0 aromatic heterocycles. The van der Waals surface area contributed by atoms with Crippen LogP contribution in [0.5, 0.6) is 0 Å². The molecule has 0 amide bonds.